The van der Waals surface area contributed by atoms with E-state index in [0.717, 1.165) is 25.4 Å². The zero-order valence-electron chi connectivity index (χ0n) is 13.8. The Hall–Kier alpha value is -1.96. The highest BCUT2D eigenvalue weighted by Gasteiger charge is 2.34. The fourth-order valence-electron chi connectivity index (χ4n) is 4.09. The third-order valence-electron chi connectivity index (χ3n) is 5.46. The highest BCUT2D eigenvalue weighted by Crippen LogP contribution is 2.36. The normalized spacial score (nSPS) is 25.1. The first kappa shape index (κ1) is 16.9. The maximum Gasteiger partial charge on any atom is 0.434 e. The van der Waals surface area contributed by atoms with Crippen LogP contribution in [0.4, 0.5) is 5.95 Å². The van der Waals surface area contributed by atoms with E-state index in [0.29, 0.717) is 18.9 Å². The van der Waals surface area contributed by atoms with Crippen LogP contribution in [0.5, 0.6) is 0 Å². The van der Waals surface area contributed by atoms with Gasteiger partial charge in [-0.1, -0.05) is 24.2 Å². The molecule has 1 amide bonds. The fraction of sp³-hybridized carbons (Fsp3) is 0.750. The van der Waals surface area contributed by atoms with Crippen LogP contribution in [0.3, 0.4) is 0 Å². The van der Waals surface area contributed by atoms with E-state index in [1.165, 1.54) is 36.4 Å². The molecule has 1 aromatic rings. The molecule has 1 aliphatic heterocycles. The summed E-state index contributed by atoms with van der Waals surface area (Å²) >= 11 is 0. The van der Waals surface area contributed by atoms with Gasteiger partial charge in [-0.2, -0.15) is 0 Å². The molecule has 8 nitrogen and oxygen atoms in total. The predicted octanol–water partition coefficient (Wildman–Crippen LogP) is 1.55. The van der Waals surface area contributed by atoms with Gasteiger partial charge in [0.1, 0.15) is 12.4 Å². The number of carbonyl (C=O) groups is 1. The standard InChI is InChI=1S/C16H25N5O3/c17-14(6-9-19-10-7-18-16(19)21(23)24)15(22)20-8-5-12-3-1-2-4-13(12)11-20/h7,10,12-14H,1-6,8-9,11,17H2/t12-,13-,14?/m0/s1. The second-order valence-corrected chi connectivity index (χ2v) is 6.95. The smallest absolute Gasteiger partial charge is 0.390 e. The molecule has 24 heavy (non-hydrogen) atoms. The van der Waals surface area contributed by atoms with Gasteiger partial charge in [-0.25, -0.2) is 4.57 Å². The molecule has 2 heterocycles. The van der Waals surface area contributed by atoms with Gasteiger partial charge >= 0.3 is 5.95 Å². The maximum absolute atomic E-state index is 12.6. The molecule has 3 rings (SSSR count). The van der Waals surface area contributed by atoms with Gasteiger partial charge in [0.25, 0.3) is 0 Å². The summed E-state index contributed by atoms with van der Waals surface area (Å²) in [4.78, 5) is 28.5. The monoisotopic (exact) mass is 335 g/mol. The Bertz CT molecular complexity index is 602. The van der Waals surface area contributed by atoms with Crippen molar-refractivity contribution in [2.45, 2.75) is 51.1 Å². The highest BCUT2D eigenvalue weighted by atomic mass is 16.6. The molecule has 1 aliphatic carbocycles. The topological polar surface area (TPSA) is 107 Å². The number of fused-ring (bicyclic) bond motifs is 1. The van der Waals surface area contributed by atoms with Gasteiger partial charge in [0.15, 0.2) is 0 Å². The second kappa shape index (κ2) is 7.29. The lowest BCUT2D eigenvalue weighted by atomic mass is 9.75. The first-order chi connectivity index (χ1) is 11.6. The van der Waals surface area contributed by atoms with Crippen LogP contribution in [-0.2, 0) is 11.3 Å². The average Bonchev–Trinajstić information content (AvgIpc) is 3.07. The van der Waals surface area contributed by atoms with Gasteiger partial charge in [-0.3, -0.25) is 4.79 Å². The van der Waals surface area contributed by atoms with Crippen molar-refractivity contribution in [2.24, 2.45) is 17.6 Å². The third kappa shape index (κ3) is 3.58. The quantitative estimate of drug-likeness (QED) is 0.649. The van der Waals surface area contributed by atoms with E-state index in [-0.39, 0.29) is 11.9 Å². The van der Waals surface area contributed by atoms with Crippen LogP contribution >= 0.6 is 0 Å². The molecule has 0 spiro atoms. The Balaban J connectivity index is 1.53. The molecule has 0 aromatic carbocycles. The fourth-order valence-corrected chi connectivity index (χ4v) is 4.09. The molecule has 8 heteroatoms. The van der Waals surface area contributed by atoms with Crippen LogP contribution in [0.1, 0.15) is 38.5 Å². The van der Waals surface area contributed by atoms with Crippen LogP contribution in [0.2, 0.25) is 0 Å². The first-order valence-electron chi connectivity index (χ1n) is 8.76. The molecule has 2 fully saturated rings. The Morgan fingerprint density at radius 1 is 1.38 bits per heavy atom. The molecular weight excluding hydrogens is 310 g/mol. The molecule has 1 unspecified atom stereocenters. The van der Waals surface area contributed by atoms with Gasteiger partial charge in [-0.15, -0.1) is 0 Å². The average molecular weight is 335 g/mol. The van der Waals surface area contributed by atoms with E-state index in [2.05, 4.69) is 4.98 Å². The van der Waals surface area contributed by atoms with Crippen molar-refractivity contribution in [3.63, 3.8) is 0 Å². The molecule has 2 aliphatic rings. The van der Waals surface area contributed by atoms with Crippen molar-refractivity contribution in [1.29, 1.82) is 0 Å². The van der Waals surface area contributed by atoms with Crippen molar-refractivity contribution in [3.05, 3.63) is 22.5 Å². The zero-order chi connectivity index (χ0) is 17.1. The highest BCUT2D eigenvalue weighted by molar-refractivity contribution is 5.81. The van der Waals surface area contributed by atoms with Crippen molar-refractivity contribution in [2.75, 3.05) is 13.1 Å². The lowest BCUT2D eigenvalue weighted by molar-refractivity contribution is -0.396. The molecule has 1 saturated heterocycles. The van der Waals surface area contributed by atoms with Crippen LogP contribution in [0, 0.1) is 22.0 Å². The van der Waals surface area contributed by atoms with Crippen molar-refractivity contribution < 1.29 is 9.72 Å². The Morgan fingerprint density at radius 2 is 2.12 bits per heavy atom. The third-order valence-corrected chi connectivity index (χ3v) is 5.46. The van der Waals surface area contributed by atoms with E-state index in [9.17, 15) is 14.9 Å². The van der Waals surface area contributed by atoms with E-state index < -0.39 is 11.0 Å². The van der Waals surface area contributed by atoms with Crippen molar-refractivity contribution in [1.82, 2.24) is 14.5 Å². The summed E-state index contributed by atoms with van der Waals surface area (Å²) in [5.74, 6) is 1.16. The molecule has 1 aromatic heterocycles. The summed E-state index contributed by atoms with van der Waals surface area (Å²) in [6.45, 7) is 1.93. The number of amides is 1. The molecule has 132 valence electrons. The van der Waals surface area contributed by atoms with Gasteiger partial charge in [-0.05, 0) is 29.6 Å². The van der Waals surface area contributed by atoms with E-state index in [1.54, 1.807) is 6.20 Å². The van der Waals surface area contributed by atoms with Crippen LogP contribution in [0.25, 0.3) is 0 Å². The molecular formula is C16H25N5O3. The minimum absolute atomic E-state index is 0.0261. The zero-order valence-corrected chi connectivity index (χ0v) is 13.8. The number of hydrogen-bond acceptors (Lipinski definition) is 5. The van der Waals surface area contributed by atoms with Crippen molar-refractivity contribution >= 4 is 11.9 Å². The maximum atomic E-state index is 12.6. The summed E-state index contributed by atoms with van der Waals surface area (Å²) in [6, 6.07) is -0.618. The second-order valence-electron chi connectivity index (χ2n) is 6.95. The molecule has 0 radical (unpaired) electrons. The Morgan fingerprint density at radius 3 is 2.88 bits per heavy atom. The van der Waals surface area contributed by atoms with E-state index in [1.807, 2.05) is 4.90 Å². The minimum Gasteiger partial charge on any atom is -0.390 e. The number of carbonyl (C=O) groups excluding carboxylic acids is 1. The Labute approximate surface area is 141 Å². The van der Waals surface area contributed by atoms with Crippen LogP contribution in [0.15, 0.2) is 12.4 Å². The summed E-state index contributed by atoms with van der Waals surface area (Å²) in [6.07, 6.45) is 9.48. The number of rotatable bonds is 5. The number of imidazole rings is 1. The SMILES string of the molecule is NC(CCn1ccnc1[N+](=O)[O-])C(=O)N1CC[C@@H]2CCCC[C@H]2C1. The number of likely N-dealkylation sites (tertiary alicyclic amines) is 1. The Kier molecular flexibility index (Phi) is 5.13. The lowest BCUT2D eigenvalue weighted by Gasteiger charge is -2.42. The van der Waals surface area contributed by atoms with Crippen molar-refractivity contribution in [3.8, 4) is 0 Å². The van der Waals surface area contributed by atoms with Gasteiger partial charge in [0, 0.05) is 19.5 Å². The number of hydrogen-bond donors (Lipinski definition) is 1. The minimum atomic E-state index is -0.618. The number of piperidine rings is 1. The summed E-state index contributed by atoms with van der Waals surface area (Å²) in [7, 11) is 0. The van der Waals surface area contributed by atoms with Gasteiger partial charge in [0.05, 0.1) is 12.6 Å². The first-order valence-corrected chi connectivity index (χ1v) is 8.76. The number of nitrogens with zero attached hydrogens (tertiary/aromatic N) is 4. The van der Waals surface area contributed by atoms with Gasteiger partial charge in [0.2, 0.25) is 5.91 Å². The number of aryl methyl sites for hydroxylation is 1. The number of aromatic nitrogens is 2. The van der Waals surface area contributed by atoms with Gasteiger partial charge < -0.3 is 20.7 Å². The van der Waals surface area contributed by atoms with Crippen LogP contribution in [-0.4, -0.2) is 44.4 Å². The molecule has 3 atom stereocenters. The summed E-state index contributed by atoms with van der Waals surface area (Å²) < 4.78 is 1.43. The largest absolute Gasteiger partial charge is 0.434 e. The lowest BCUT2D eigenvalue weighted by Crippen LogP contribution is -2.50. The molecule has 1 saturated carbocycles. The summed E-state index contributed by atoms with van der Waals surface area (Å²) in [5.41, 5.74) is 6.06. The summed E-state index contributed by atoms with van der Waals surface area (Å²) in [5, 5.41) is 10.9. The number of nitro groups is 1. The molecule has 0 bridgehead atoms. The predicted molar refractivity (Wildman–Crippen MR) is 88.1 cm³/mol. The molecule has 2 N–H and O–H groups in total. The van der Waals surface area contributed by atoms with E-state index in [4.69, 9.17) is 5.73 Å². The number of nitrogens with two attached hydrogens (primary N) is 1. The van der Waals surface area contributed by atoms with E-state index >= 15 is 0 Å². The van der Waals surface area contributed by atoms with Crippen LogP contribution < -0.4 is 5.73 Å².